The fourth-order valence-corrected chi connectivity index (χ4v) is 7.65. The van der Waals surface area contributed by atoms with Gasteiger partial charge < -0.3 is 9.13 Å². The van der Waals surface area contributed by atoms with Crippen LogP contribution in [0.15, 0.2) is 173 Å². The van der Waals surface area contributed by atoms with Gasteiger partial charge in [0.25, 0.3) is 0 Å². The summed E-state index contributed by atoms with van der Waals surface area (Å²) in [5, 5.41) is 2.72. The van der Waals surface area contributed by atoms with E-state index in [0.717, 1.165) is 72.6 Å². The second-order valence-corrected chi connectivity index (χ2v) is 13.4. The van der Waals surface area contributed by atoms with Crippen molar-refractivity contribution in [3.8, 4) is 33.9 Å². The van der Waals surface area contributed by atoms with Crippen LogP contribution < -0.4 is 10.9 Å². The smallest absolute Gasteiger partial charge is 0.197 e. The zero-order valence-electron chi connectivity index (χ0n) is 28.7. The molecule has 3 heterocycles. The van der Waals surface area contributed by atoms with Gasteiger partial charge in [0, 0.05) is 44.0 Å². The highest BCUT2D eigenvalue weighted by Gasteiger charge is 2.17. The average Bonchev–Trinajstić information content (AvgIpc) is 3.21. The van der Waals surface area contributed by atoms with Crippen molar-refractivity contribution in [1.29, 1.82) is 0 Å². The molecule has 0 saturated carbocycles. The predicted molar refractivity (Wildman–Crippen MR) is 216 cm³/mol. The number of aromatic nitrogens is 4. The summed E-state index contributed by atoms with van der Waals surface area (Å²) >= 11 is 0. The van der Waals surface area contributed by atoms with E-state index in [2.05, 4.69) is 76.7 Å². The summed E-state index contributed by atoms with van der Waals surface area (Å²) in [7, 11) is 0. The quantitative estimate of drug-likeness (QED) is 0.173. The Morgan fingerprint density at radius 3 is 1.15 bits per heavy atom. The zero-order chi connectivity index (χ0) is 35.6. The summed E-state index contributed by atoms with van der Waals surface area (Å²) in [4.78, 5) is 37.2. The van der Waals surface area contributed by atoms with E-state index >= 15 is 0 Å². The average molecular weight is 683 g/mol. The third kappa shape index (κ3) is 4.88. The van der Waals surface area contributed by atoms with Crippen molar-refractivity contribution in [3.63, 3.8) is 0 Å². The van der Waals surface area contributed by atoms with Crippen LogP contribution in [-0.2, 0) is 0 Å². The summed E-state index contributed by atoms with van der Waals surface area (Å²) in [5.74, 6) is 0. The predicted octanol–water partition coefficient (Wildman–Crippen LogP) is 10.2. The topological polar surface area (TPSA) is 69.8 Å². The van der Waals surface area contributed by atoms with Gasteiger partial charge in [0.05, 0.1) is 44.5 Å². The Hall–Kier alpha value is -7.18. The third-order valence-corrected chi connectivity index (χ3v) is 10.2. The van der Waals surface area contributed by atoms with E-state index < -0.39 is 0 Å². The maximum absolute atomic E-state index is 13.4. The first kappa shape index (κ1) is 30.6. The molecule has 0 aliphatic carbocycles. The Bertz CT molecular complexity index is 3100. The van der Waals surface area contributed by atoms with Crippen molar-refractivity contribution in [2.24, 2.45) is 0 Å². The van der Waals surface area contributed by atoms with Crippen molar-refractivity contribution in [2.75, 3.05) is 0 Å². The van der Waals surface area contributed by atoms with Gasteiger partial charge in [0.2, 0.25) is 0 Å². The maximum atomic E-state index is 13.4. The number of para-hydroxylation sites is 4. The standard InChI is InChI=1S/C47H30N4O2/c1-29-18-27-38-39(28-29)49-45(31-21-25-33(26-22-31)51-42-16-8-4-12-36(42)47(53)37-13-5-9-17-43(37)51)44(48-38)30-19-23-32(24-20-30)50-40-14-6-2-10-34(40)46(52)35-11-3-7-15-41(35)50/h2-28H,1H3. The molecule has 53 heavy (non-hydrogen) atoms. The van der Waals surface area contributed by atoms with E-state index in [4.69, 9.17) is 9.97 Å². The van der Waals surface area contributed by atoms with E-state index in [1.807, 2.05) is 103 Å². The minimum absolute atomic E-state index is 0.0311. The largest absolute Gasteiger partial charge is 0.309 e. The summed E-state index contributed by atoms with van der Waals surface area (Å²) in [5.41, 5.74) is 11.5. The monoisotopic (exact) mass is 682 g/mol. The lowest BCUT2D eigenvalue weighted by atomic mass is 10.0. The first-order valence-corrected chi connectivity index (χ1v) is 17.6. The molecule has 6 nitrogen and oxygen atoms in total. The second-order valence-electron chi connectivity index (χ2n) is 13.4. The van der Waals surface area contributed by atoms with Gasteiger partial charge in [-0.05, 0) is 97.4 Å². The highest BCUT2D eigenvalue weighted by Crippen LogP contribution is 2.34. The lowest BCUT2D eigenvalue weighted by Crippen LogP contribution is -2.10. The molecule has 0 aliphatic rings. The van der Waals surface area contributed by atoms with Crippen molar-refractivity contribution >= 4 is 54.6 Å². The fourth-order valence-electron chi connectivity index (χ4n) is 7.65. The van der Waals surface area contributed by atoms with Crippen LogP contribution in [0.5, 0.6) is 0 Å². The molecule has 10 rings (SSSR count). The number of hydrogen-bond acceptors (Lipinski definition) is 4. The van der Waals surface area contributed by atoms with Gasteiger partial charge in [-0.25, -0.2) is 9.97 Å². The molecule has 0 aliphatic heterocycles. The highest BCUT2D eigenvalue weighted by atomic mass is 16.1. The van der Waals surface area contributed by atoms with Gasteiger partial charge in [-0.2, -0.15) is 0 Å². The van der Waals surface area contributed by atoms with E-state index in [1.54, 1.807) is 0 Å². The molecule has 10 aromatic rings. The van der Waals surface area contributed by atoms with Gasteiger partial charge in [-0.15, -0.1) is 0 Å². The van der Waals surface area contributed by atoms with Crippen LogP contribution in [0.2, 0.25) is 0 Å². The lowest BCUT2D eigenvalue weighted by molar-refractivity contribution is 1.16. The van der Waals surface area contributed by atoms with E-state index in [0.29, 0.717) is 21.5 Å². The summed E-state index contributed by atoms with van der Waals surface area (Å²) < 4.78 is 4.30. The van der Waals surface area contributed by atoms with Crippen LogP contribution in [0.25, 0.3) is 88.5 Å². The van der Waals surface area contributed by atoms with Gasteiger partial charge in [-0.3, -0.25) is 9.59 Å². The van der Waals surface area contributed by atoms with Crippen LogP contribution in [0, 0.1) is 6.92 Å². The molecule has 3 aromatic heterocycles. The first-order valence-electron chi connectivity index (χ1n) is 17.6. The van der Waals surface area contributed by atoms with Crippen LogP contribution in [0.3, 0.4) is 0 Å². The number of hydrogen-bond donors (Lipinski definition) is 0. The van der Waals surface area contributed by atoms with Gasteiger partial charge in [0.15, 0.2) is 10.9 Å². The number of pyridine rings is 2. The fraction of sp³-hybridized carbons (Fsp3) is 0.0213. The summed E-state index contributed by atoms with van der Waals surface area (Å²) in [6.07, 6.45) is 0. The van der Waals surface area contributed by atoms with Gasteiger partial charge in [-0.1, -0.05) is 78.9 Å². The van der Waals surface area contributed by atoms with E-state index in [-0.39, 0.29) is 10.9 Å². The molecule has 0 bridgehead atoms. The molecule has 0 spiro atoms. The van der Waals surface area contributed by atoms with E-state index in [9.17, 15) is 9.59 Å². The Labute approximate surface area is 303 Å². The summed E-state index contributed by atoms with van der Waals surface area (Å²) in [6, 6.07) is 53.8. The normalized spacial score (nSPS) is 11.6. The third-order valence-electron chi connectivity index (χ3n) is 10.2. The molecule has 0 amide bonds. The molecule has 0 radical (unpaired) electrons. The van der Waals surface area contributed by atoms with Crippen molar-refractivity contribution in [1.82, 2.24) is 19.1 Å². The zero-order valence-corrected chi connectivity index (χ0v) is 28.7. The van der Waals surface area contributed by atoms with Gasteiger partial charge >= 0.3 is 0 Å². The van der Waals surface area contributed by atoms with Gasteiger partial charge in [0.1, 0.15) is 0 Å². The van der Waals surface area contributed by atoms with Crippen LogP contribution in [0.1, 0.15) is 5.56 Å². The number of nitrogens with zero attached hydrogens (tertiary/aromatic N) is 4. The molecular weight excluding hydrogens is 653 g/mol. The molecule has 7 aromatic carbocycles. The number of rotatable bonds is 4. The van der Waals surface area contributed by atoms with Crippen molar-refractivity contribution in [2.45, 2.75) is 6.92 Å². The molecule has 0 saturated heterocycles. The first-order chi connectivity index (χ1) is 26.0. The number of benzene rings is 7. The SMILES string of the molecule is Cc1ccc2nc(-c3ccc(-n4c5ccccc5c(=O)c5ccccc54)cc3)c(-c3ccc(-n4c5ccccc5c(=O)c5ccccc54)cc3)nc2c1. The second kappa shape index (κ2) is 12.0. The maximum Gasteiger partial charge on any atom is 0.197 e. The lowest BCUT2D eigenvalue weighted by Gasteiger charge is -2.17. The Balaban J connectivity index is 1.13. The van der Waals surface area contributed by atoms with E-state index in [1.165, 1.54) is 0 Å². The highest BCUT2D eigenvalue weighted by molar-refractivity contribution is 5.97. The van der Waals surface area contributed by atoms with Crippen molar-refractivity contribution in [3.05, 3.63) is 190 Å². The molecular formula is C47H30N4O2. The minimum atomic E-state index is 0.0311. The molecule has 0 unspecified atom stereocenters. The van der Waals surface area contributed by atoms with Crippen LogP contribution >= 0.6 is 0 Å². The summed E-state index contributed by atoms with van der Waals surface area (Å²) in [6.45, 7) is 2.06. The van der Waals surface area contributed by atoms with Crippen LogP contribution in [-0.4, -0.2) is 19.1 Å². The Morgan fingerprint density at radius 2 is 0.755 bits per heavy atom. The number of aryl methyl sites for hydroxylation is 1. The molecule has 250 valence electrons. The molecule has 0 fully saturated rings. The molecule has 0 N–H and O–H groups in total. The Kier molecular flexibility index (Phi) is 6.91. The van der Waals surface area contributed by atoms with Crippen LogP contribution in [0.4, 0.5) is 0 Å². The van der Waals surface area contributed by atoms with Crippen molar-refractivity contribution < 1.29 is 0 Å². The minimum Gasteiger partial charge on any atom is -0.309 e. The molecule has 6 heteroatoms. The molecule has 0 atom stereocenters. The Morgan fingerprint density at radius 1 is 0.396 bits per heavy atom. The number of fused-ring (bicyclic) bond motifs is 5.